The average molecular weight is 512 g/mol. The standard InChI is InChI=1S/C21H21N9O3S2/c31-20(27-16-1-3-17(4-2-16)35(32,33)28-21-23-7-10-34-21)15-5-8-29(9-6-15)18-11-19(25-13-24-18)30-14-22-12-26-30/h1-4,7,10-15H,5-6,8-9H2,(H,23,28)(H,27,31). The number of nitrogens with one attached hydrogen (secondary N) is 2. The van der Waals surface area contributed by atoms with Crippen LogP contribution in [0.5, 0.6) is 0 Å². The van der Waals surface area contributed by atoms with Crippen LogP contribution in [-0.4, -0.2) is 57.1 Å². The van der Waals surface area contributed by atoms with Crippen molar-refractivity contribution in [2.75, 3.05) is 28.0 Å². The fourth-order valence-electron chi connectivity index (χ4n) is 3.74. The predicted molar refractivity (Wildman–Crippen MR) is 130 cm³/mol. The lowest BCUT2D eigenvalue weighted by molar-refractivity contribution is -0.120. The highest BCUT2D eigenvalue weighted by Gasteiger charge is 2.26. The molecule has 5 rings (SSSR count). The van der Waals surface area contributed by atoms with Gasteiger partial charge in [0.2, 0.25) is 5.91 Å². The molecule has 1 aromatic carbocycles. The third-order valence-electron chi connectivity index (χ3n) is 5.57. The maximum atomic E-state index is 12.8. The van der Waals surface area contributed by atoms with Crippen LogP contribution in [0.2, 0.25) is 0 Å². The van der Waals surface area contributed by atoms with Gasteiger partial charge in [0.15, 0.2) is 10.9 Å². The molecule has 0 saturated carbocycles. The number of aromatic nitrogens is 6. The molecule has 0 atom stereocenters. The molecule has 2 N–H and O–H groups in total. The molecule has 12 nitrogen and oxygen atoms in total. The van der Waals surface area contributed by atoms with Crippen LogP contribution in [0.3, 0.4) is 0 Å². The first-order valence-electron chi connectivity index (χ1n) is 10.7. The molecule has 180 valence electrons. The monoisotopic (exact) mass is 511 g/mol. The van der Waals surface area contributed by atoms with E-state index in [4.69, 9.17) is 0 Å². The van der Waals surface area contributed by atoms with Gasteiger partial charge in [0.1, 0.15) is 24.8 Å². The first-order valence-corrected chi connectivity index (χ1v) is 13.1. The zero-order valence-electron chi connectivity index (χ0n) is 18.4. The van der Waals surface area contributed by atoms with Gasteiger partial charge in [-0.2, -0.15) is 5.10 Å². The van der Waals surface area contributed by atoms with E-state index in [0.717, 1.165) is 5.82 Å². The molecule has 1 aliphatic rings. The minimum Gasteiger partial charge on any atom is -0.356 e. The molecule has 4 aromatic rings. The van der Waals surface area contributed by atoms with Gasteiger partial charge in [-0.15, -0.1) is 11.3 Å². The van der Waals surface area contributed by atoms with Crippen LogP contribution in [0.25, 0.3) is 5.82 Å². The van der Waals surface area contributed by atoms with Crippen molar-refractivity contribution in [2.45, 2.75) is 17.7 Å². The highest BCUT2D eigenvalue weighted by Crippen LogP contribution is 2.25. The third kappa shape index (κ3) is 5.27. The lowest BCUT2D eigenvalue weighted by Gasteiger charge is -2.32. The summed E-state index contributed by atoms with van der Waals surface area (Å²) < 4.78 is 28.9. The average Bonchev–Trinajstić information content (AvgIpc) is 3.59. The van der Waals surface area contributed by atoms with Gasteiger partial charge in [-0.05, 0) is 37.1 Å². The third-order valence-corrected chi connectivity index (χ3v) is 7.74. The summed E-state index contributed by atoms with van der Waals surface area (Å²) in [6.07, 6.45) is 7.36. The van der Waals surface area contributed by atoms with E-state index in [1.54, 1.807) is 28.5 Å². The molecule has 0 spiro atoms. The van der Waals surface area contributed by atoms with Gasteiger partial charge in [-0.25, -0.2) is 33.0 Å². The molecule has 0 aliphatic carbocycles. The second kappa shape index (κ2) is 9.76. The van der Waals surface area contributed by atoms with Gasteiger partial charge in [-0.1, -0.05) is 0 Å². The number of hydrogen-bond acceptors (Lipinski definition) is 10. The van der Waals surface area contributed by atoms with Crippen LogP contribution in [0, 0.1) is 5.92 Å². The predicted octanol–water partition coefficient (Wildman–Crippen LogP) is 2.17. The number of carbonyl (C=O) groups excluding carboxylic acids is 1. The molecule has 35 heavy (non-hydrogen) atoms. The number of piperidine rings is 1. The second-order valence-corrected chi connectivity index (χ2v) is 10.4. The Balaban J connectivity index is 1.16. The lowest BCUT2D eigenvalue weighted by Crippen LogP contribution is -2.38. The highest BCUT2D eigenvalue weighted by atomic mass is 32.2. The first-order chi connectivity index (χ1) is 17.0. The van der Waals surface area contributed by atoms with Crippen molar-refractivity contribution < 1.29 is 13.2 Å². The maximum Gasteiger partial charge on any atom is 0.263 e. The summed E-state index contributed by atoms with van der Waals surface area (Å²) in [5, 5.41) is 8.96. The van der Waals surface area contributed by atoms with Crippen molar-refractivity contribution in [1.82, 2.24) is 29.7 Å². The quantitative estimate of drug-likeness (QED) is 0.381. The summed E-state index contributed by atoms with van der Waals surface area (Å²) >= 11 is 1.20. The number of anilines is 3. The van der Waals surface area contributed by atoms with Crippen LogP contribution in [-0.2, 0) is 14.8 Å². The van der Waals surface area contributed by atoms with Crippen LogP contribution in [0.15, 0.2) is 65.8 Å². The van der Waals surface area contributed by atoms with E-state index in [2.05, 4.69) is 40.0 Å². The smallest absolute Gasteiger partial charge is 0.263 e. The number of thiazole rings is 1. The summed E-state index contributed by atoms with van der Waals surface area (Å²) in [5.41, 5.74) is 0.541. The van der Waals surface area contributed by atoms with Gasteiger partial charge < -0.3 is 10.2 Å². The van der Waals surface area contributed by atoms with Gasteiger partial charge in [0, 0.05) is 42.3 Å². The molecular formula is C21H21N9O3S2. The minimum atomic E-state index is -3.74. The van der Waals surface area contributed by atoms with E-state index < -0.39 is 10.0 Å². The molecular weight excluding hydrogens is 490 g/mol. The van der Waals surface area contributed by atoms with Gasteiger partial charge in [0.05, 0.1) is 4.90 Å². The lowest BCUT2D eigenvalue weighted by atomic mass is 9.96. The molecule has 0 unspecified atom stereocenters. The Morgan fingerprint density at radius 3 is 2.49 bits per heavy atom. The van der Waals surface area contributed by atoms with Crippen molar-refractivity contribution in [2.24, 2.45) is 5.92 Å². The Bertz CT molecular complexity index is 1380. The van der Waals surface area contributed by atoms with Crippen LogP contribution in [0.4, 0.5) is 16.6 Å². The summed E-state index contributed by atoms with van der Waals surface area (Å²) in [6, 6.07) is 7.91. The van der Waals surface area contributed by atoms with E-state index >= 15 is 0 Å². The Hall–Kier alpha value is -3.91. The van der Waals surface area contributed by atoms with Crippen LogP contribution < -0.4 is 14.9 Å². The van der Waals surface area contributed by atoms with Crippen molar-refractivity contribution in [3.05, 3.63) is 60.9 Å². The SMILES string of the molecule is O=C(Nc1ccc(S(=O)(=O)Nc2nccs2)cc1)C1CCN(c2cc(-n3cncn3)ncn2)CC1. The first kappa shape index (κ1) is 22.9. The number of carbonyl (C=O) groups is 1. The summed E-state index contributed by atoms with van der Waals surface area (Å²) in [7, 11) is -3.74. The highest BCUT2D eigenvalue weighted by molar-refractivity contribution is 7.93. The number of amides is 1. The Labute approximate surface area is 205 Å². The van der Waals surface area contributed by atoms with E-state index in [-0.39, 0.29) is 16.7 Å². The van der Waals surface area contributed by atoms with Gasteiger partial charge in [0.25, 0.3) is 10.0 Å². The minimum absolute atomic E-state index is 0.0906. The van der Waals surface area contributed by atoms with E-state index in [9.17, 15) is 13.2 Å². The van der Waals surface area contributed by atoms with Gasteiger partial charge in [-0.3, -0.25) is 9.52 Å². The number of sulfonamides is 1. The molecule has 1 saturated heterocycles. The molecule has 0 radical (unpaired) electrons. The fraction of sp³-hybridized carbons (Fsp3) is 0.238. The summed E-state index contributed by atoms with van der Waals surface area (Å²) in [6.45, 7) is 1.34. The van der Waals surface area contributed by atoms with E-state index in [0.29, 0.717) is 42.6 Å². The topological polar surface area (TPSA) is 148 Å². The summed E-state index contributed by atoms with van der Waals surface area (Å²) in [5.74, 6) is 1.15. The number of rotatable bonds is 7. The van der Waals surface area contributed by atoms with Crippen LogP contribution >= 0.6 is 11.3 Å². The van der Waals surface area contributed by atoms with Crippen molar-refractivity contribution in [3.63, 3.8) is 0 Å². The molecule has 1 aliphatic heterocycles. The molecule has 0 bridgehead atoms. The van der Waals surface area contributed by atoms with Crippen molar-refractivity contribution >= 4 is 43.9 Å². The number of hydrogen-bond donors (Lipinski definition) is 2. The van der Waals surface area contributed by atoms with E-state index in [1.165, 1.54) is 42.3 Å². The Kier molecular flexibility index (Phi) is 6.37. The zero-order valence-corrected chi connectivity index (χ0v) is 20.0. The van der Waals surface area contributed by atoms with Crippen molar-refractivity contribution in [3.8, 4) is 5.82 Å². The second-order valence-electron chi connectivity index (χ2n) is 7.79. The molecule has 1 amide bonds. The molecule has 1 fully saturated rings. The Morgan fingerprint density at radius 2 is 1.80 bits per heavy atom. The molecule has 4 heterocycles. The molecule has 3 aromatic heterocycles. The van der Waals surface area contributed by atoms with E-state index in [1.807, 2.05) is 6.07 Å². The maximum absolute atomic E-state index is 12.8. The Morgan fingerprint density at radius 1 is 1.03 bits per heavy atom. The summed E-state index contributed by atoms with van der Waals surface area (Å²) in [4.78, 5) is 31.4. The fourth-order valence-corrected chi connectivity index (χ4v) is 5.53. The normalized spacial score (nSPS) is 14.6. The zero-order chi connectivity index (χ0) is 24.3. The number of nitrogens with zero attached hydrogens (tertiary/aromatic N) is 7. The number of benzene rings is 1. The largest absolute Gasteiger partial charge is 0.356 e. The van der Waals surface area contributed by atoms with Crippen molar-refractivity contribution in [1.29, 1.82) is 0 Å². The van der Waals surface area contributed by atoms with Gasteiger partial charge >= 0.3 is 0 Å². The molecule has 14 heteroatoms. The van der Waals surface area contributed by atoms with Crippen LogP contribution in [0.1, 0.15) is 12.8 Å².